The van der Waals surface area contributed by atoms with Gasteiger partial charge in [-0.05, 0) is 33.1 Å². The van der Waals surface area contributed by atoms with Crippen LogP contribution in [0.3, 0.4) is 0 Å². The Bertz CT molecular complexity index is 167. The number of rotatable bonds is 0. The second-order valence-electron chi connectivity index (χ2n) is 4.70. The summed E-state index contributed by atoms with van der Waals surface area (Å²) in [6.45, 7) is 6.52. The number of nitrogens with zero attached hydrogens (tertiary/aromatic N) is 1. The third kappa shape index (κ3) is 1.64. The largest absolute Gasteiger partial charge is 0.360 e. The molecule has 0 aliphatic carbocycles. The monoisotopic (exact) mass is 169 g/mol. The molecule has 2 rings (SSSR count). The maximum Gasteiger partial charge on any atom is 0.0999 e. The smallest absolute Gasteiger partial charge is 0.0999 e. The topological polar surface area (TPSA) is 12.5 Å². The number of fused-ring (bicyclic) bond motifs is 1. The molecule has 2 fully saturated rings. The van der Waals surface area contributed by atoms with Crippen LogP contribution in [0.5, 0.6) is 0 Å². The molecule has 1 unspecified atom stereocenters. The predicted molar refractivity (Wildman–Crippen MR) is 49.0 cm³/mol. The molecule has 2 saturated heterocycles. The Balaban J connectivity index is 1.99. The van der Waals surface area contributed by atoms with Crippen LogP contribution in [0.4, 0.5) is 0 Å². The van der Waals surface area contributed by atoms with Gasteiger partial charge in [0.05, 0.1) is 12.3 Å². The quantitative estimate of drug-likeness (QED) is 0.550. The van der Waals surface area contributed by atoms with E-state index in [2.05, 4.69) is 18.7 Å². The zero-order chi connectivity index (χ0) is 8.60. The number of hydrogen-bond acceptors (Lipinski definition) is 2. The molecule has 0 aromatic carbocycles. The summed E-state index contributed by atoms with van der Waals surface area (Å²) in [6.07, 6.45) is 5.37. The van der Waals surface area contributed by atoms with Crippen molar-refractivity contribution in [3.8, 4) is 0 Å². The fourth-order valence-corrected chi connectivity index (χ4v) is 2.35. The Morgan fingerprint density at radius 1 is 1.33 bits per heavy atom. The summed E-state index contributed by atoms with van der Waals surface area (Å²) in [4.78, 5) is 2.49. The maximum absolute atomic E-state index is 5.76. The summed E-state index contributed by atoms with van der Waals surface area (Å²) in [5, 5.41) is 0. The molecule has 70 valence electrons. The highest BCUT2D eigenvalue weighted by Crippen LogP contribution is 2.31. The van der Waals surface area contributed by atoms with Crippen molar-refractivity contribution < 1.29 is 4.74 Å². The second-order valence-corrected chi connectivity index (χ2v) is 4.70. The van der Waals surface area contributed by atoms with E-state index in [1.807, 2.05) is 0 Å². The summed E-state index contributed by atoms with van der Waals surface area (Å²) in [5.41, 5.74) is 0.124. The molecule has 0 radical (unpaired) electrons. The lowest BCUT2D eigenvalue weighted by atomic mass is 9.90. The van der Waals surface area contributed by atoms with Crippen LogP contribution in [0.1, 0.15) is 39.5 Å². The summed E-state index contributed by atoms with van der Waals surface area (Å²) >= 11 is 0. The van der Waals surface area contributed by atoms with Crippen LogP contribution in [-0.4, -0.2) is 29.8 Å². The minimum atomic E-state index is 0.124. The predicted octanol–water partition coefficient (Wildman–Crippen LogP) is 2.00. The molecular formula is C10H19NO. The molecule has 0 spiro atoms. The first-order valence-corrected chi connectivity index (χ1v) is 5.05. The van der Waals surface area contributed by atoms with Gasteiger partial charge in [-0.25, -0.2) is 0 Å². The lowest BCUT2D eigenvalue weighted by Crippen LogP contribution is -2.51. The van der Waals surface area contributed by atoms with Crippen molar-refractivity contribution >= 4 is 0 Å². The second kappa shape index (κ2) is 3.00. The molecule has 1 atom stereocenters. The van der Waals surface area contributed by atoms with Crippen molar-refractivity contribution in [3.05, 3.63) is 0 Å². The average Bonchev–Trinajstić information content (AvgIpc) is 2.02. The van der Waals surface area contributed by atoms with Gasteiger partial charge in [-0.15, -0.1) is 0 Å². The van der Waals surface area contributed by atoms with E-state index in [9.17, 15) is 0 Å². The fraction of sp³-hybridized carbons (Fsp3) is 1.00. The lowest BCUT2D eigenvalue weighted by Gasteiger charge is -2.45. The normalized spacial score (nSPS) is 36.0. The Morgan fingerprint density at radius 3 is 3.00 bits per heavy atom. The van der Waals surface area contributed by atoms with Crippen LogP contribution < -0.4 is 0 Å². The molecule has 0 amide bonds. The molecule has 2 aliphatic heterocycles. The van der Waals surface area contributed by atoms with E-state index in [4.69, 9.17) is 4.74 Å². The summed E-state index contributed by atoms with van der Waals surface area (Å²) in [5.74, 6) is 0. The molecule has 2 aliphatic rings. The van der Waals surface area contributed by atoms with Gasteiger partial charge in [0.2, 0.25) is 0 Å². The zero-order valence-corrected chi connectivity index (χ0v) is 8.18. The zero-order valence-electron chi connectivity index (χ0n) is 8.18. The van der Waals surface area contributed by atoms with E-state index < -0.39 is 0 Å². The minimum absolute atomic E-state index is 0.124. The van der Waals surface area contributed by atoms with Gasteiger partial charge in [0.25, 0.3) is 0 Å². The highest BCUT2D eigenvalue weighted by Gasteiger charge is 2.34. The van der Waals surface area contributed by atoms with Crippen molar-refractivity contribution in [1.82, 2.24) is 4.90 Å². The Hall–Kier alpha value is -0.0800. The van der Waals surface area contributed by atoms with E-state index in [0.717, 1.165) is 12.8 Å². The highest BCUT2D eigenvalue weighted by atomic mass is 16.5. The van der Waals surface area contributed by atoms with Crippen LogP contribution in [0.2, 0.25) is 0 Å². The number of piperidine rings is 1. The van der Waals surface area contributed by atoms with Gasteiger partial charge in [0, 0.05) is 12.6 Å². The molecule has 12 heavy (non-hydrogen) atoms. The maximum atomic E-state index is 5.76. The first kappa shape index (κ1) is 8.52. The van der Waals surface area contributed by atoms with Gasteiger partial charge in [-0.3, -0.25) is 4.90 Å². The van der Waals surface area contributed by atoms with Crippen molar-refractivity contribution in [3.63, 3.8) is 0 Å². The van der Waals surface area contributed by atoms with Crippen LogP contribution in [-0.2, 0) is 4.74 Å². The average molecular weight is 169 g/mol. The van der Waals surface area contributed by atoms with E-state index in [-0.39, 0.29) is 5.60 Å². The number of hydrogen-bond donors (Lipinski definition) is 0. The molecule has 2 heterocycles. The summed E-state index contributed by atoms with van der Waals surface area (Å²) < 4.78 is 5.76. The number of ether oxygens (including phenoxy) is 1. The Kier molecular flexibility index (Phi) is 2.13. The van der Waals surface area contributed by atoms with Crippen molar-refractivity contribution in [2.75, 3.05) is 13.3 Å². The highest BCUT2D eigenvalue weighted by molar-refractivity contribution is 4.86. The van der Waals surface area contributed by atoms with Crippen LogP contribution in [0, 0.1) is 0 Å². The van der Waals surface area contributed by atoms with Gasteiger partial charge < -0.3 is 4.74 Å². The van der Waals surface area contributed by atoms with Crippen molar-refractivity contribution in [2.24, 2.45) is 0 Å². The molecule has 2 heteroatoms. The third-order valence-electron chi connectivity index (χ3n) is 3.10. The van der Waals surface area contributed by atoms with Gasteiger partial charge in [-0.1, -0.05) is 6.42 Å². The first-order chi connectivity index (χ1) is 5.67. The minimum Gasteiger partial charge on any atom is -0.360 e. The van der Waals surface area contributed by atoms with Gasteiger partial charge in [-0.2, -0.15) is 0 Å². The van der Waals surface area contributed by atoms with Crippen molar-refractivity contribution in [2.45, 2.75) is 51.2 Å². The van der Waals surface area contributed by atoms with Gasteiger partial charge in [0.1, 0.15) is 0 Å². The van der Waals surface area contributed by atoms with Crippen LogP contribution in [0.15, 0.2) is 0 Å². The first-order valence-electron chi connectivity index (χ1n) is 5.05. The van der Waals surface area contributed by atoms with Gasteiger partial charge >= 0.3 is 0 Å². The van der Waals surface area contributed by atoms with Crippen LogP contribution >= 0.6 is 0 Å². The van der Waals surface area contributed by atoms with E-state index >= 15 is 0 Å². The Labute approximate surface area is 74.9 Å². The molecular weight excluding hydrogens is 150 g/mol. The SMILES string of the molecule is CC1(C)CC2CCCCN2CO1. The summed E-state index contributed by atoms with van der Waals surface area (Å²) in [7, 11) is 0. The van der Waals surface area contributed by atoms with E-state index in [1.54, 1.807) is 0 Å². The molecule has 0 aromatic rings. The summed E-state index contributed by atoms with van der Waals surface area (Å²) in [6, 6.07) is 0.808. The Morgan fingerprint density at radius 2 is 2.17 bits per heavy atom. The molecule has 0 saturated carbocycles. The van der Waals surface area contributed by atoms with E-state index in [0.29, 0.717) is 0 Å². The lowest BCUT2D eigenvalue weighted by molar-refractivity contribution is -0.150. The fourth-order valence-electron chi connectivity index (χ4n) is 2.35. The van der Waals surface area contributed by atoms with E-state index in [1.165, 1.54) is 32.2 Å². The third-order valence-corrected chi connectivity index (χ3v) is 3.10. The molecule has 0 N–H and O–H groups in total. The molecule has 2 nitrogen and oxygen atoms in total. The van der Waals surface area contributed by atoms with Gasteiger partial charge in [0.15, 0.2) is 0 Å². The van der Waals surface area contributed by atoms with Crippen molar-refractivity contribution in [1.29, 1.82) is 0 Å². The molecule has 0 bridgehead atoms. The standard InChI is InChI=1S/C10H19NO/c1-10(2)7-9-5-3-4-6-11(9)8-12-10/h9H,3-8H2,1-2H3. The molecule has 0 aromatic heterocycles. The van der Waals surface area contributed by atoms with Crippen LogP contribution in [0.25, 0.3) is 0 Å².